The van der Waals surface area contributed by atoms with Crippen molar-refractivity contribution < 1.29 is 98.2 Å². The molecule has 0 atom stereocenters. The molecule has 0 aliphatic heterocycles. The number of carbonyl (C=O) groups is 2. The summed E-state index contributed by atoms with van der Waals surface area (Å²) in [5, 5.41) is 19.0. The van der Waals surface area contributed by atoms with Crippen molar-refractivity contribution >= 4 is 19.8 Å². The second-order valence-electron chi connectivity index (χ2n) is 1.76. The Hall–Kier alpha value is 1.05. The average Bonchev–Trinajstić information content (AvgIpc) is 1.79. The first kappa shape index (κ1) is 25.0. The molecule has 0 spiro atoms. The molecule has 0 aromatic heterocycles. The van der Waals surface area contributed by atoms with E-state index in [0.717, 1.165) is 0 Å². The molecule has 0 bridgehead atoms. The van der Waals surface area contributed by atoms with Crippen LogP contribution in [0.4, 0.5) is 0 Å². The summed E-state index contributed by atoms with van der Waals surface area (Å²) in [6, 6.07) is 0. The number of phosphoric acid groups is 1. The molecule has 0 aromatic rings. The van der Waals surface area contributed by atoms with Crippen LogP contribution in [0.1, 0.15) is 12.8 Å². The van der Waals surface area contributed by atoms with Crippen molar-refractivity contribution in [1.82, 2.24) is 0 Å². The molecule has 0 saturated heterocycles. The summed E-state index contributed by atoms with van der Waals surface area (Å²) < 4.78 is 8.88. The first-order chi connectivity index (χ1) is 5.63. The predicted molar refractivity (Wildman–Crippen MR) is 33.5 cm³/mol. The van der Waals surface area contributed by atoms with Gasteiger partial charge in [0.2, 0.25) is 0 Å². The van der Waals surface area contributed by atoms with E-state index in [4.69, 9.17) is 19.2 Å². The quantitative estimate of drug-likeness (QED) is 0.333. The van der Waals surface area contributed by atoms with E-state index >= 15 is 0 Å². The van der Waals surface area contributed by atoms with E-state index in [1.165, 1.54) is 0 Å². The molecule has 78 valence electrons. The second kappa shape index (κ2) is 13.1. The number of carbonyl (C=O) groups excluding carboxylic acids is 2. The van der Waals surface area contributed by atoms with Crippen LogP contribution in [0, 0.1) is 0 Å². The zero-order chi connectivity index (χ0) is 11.1. The minimum atomic E-state index is -4.64. The number of aliphatic carboxylic acids is 2. The van der Waals surface area contributed by atoms with Crippen LogP contribution in [0.15, 0.2) is 0 Å². The fourth-order valence-electron chi connectivity index (χ4n) is 0.204. The molecule has 0 amide bonds. The van der Waals surface area contributed by atoms with Crippen LogP contribution in [0.2, 0.25) is 0 Å². The SMILES string of the molecule is O=C([O-])CCC(=O)[O-].O=P(O)(O)O.[Na+].[Na+]. The Kier molecular flexibility index (Phi) is 21.9. The Morgan fingerprint density at radius 2 is 1.07 bits per heavy atom. The summed E-state index contributed by atoms with van der Waals surface area (Å²) in [6.45, 7) is 0. The fourth-order valence-corrected chi connectivity index (χ4v) is 0.204. The third kappa shape index (κ3) is 70.0. The number of rotatable bonds is 3. The monoisotopic (exact) mass is 260 g/mol. The molecule has 0 aromatic carbocycles. The summed E-state index contributed by atoms with van der Waals surface area (Å²) in [6.07, 6.45) is -0.940. The number of carboxylic acid groups (broad SMARTS) is 2. The molecular weight excluding hydrogens is 253 g/mol. The third-order valence-corrected chi connectivity index (χ3v) is 0.533. The maximum atomic E-state index is 9.50. The summed E-state index contributed by atoms with van der Waals surface area (Å²) in [5.74, 6) is -2.73. The van der Waals surface area contributed by atoms with Crippen molar-refractivity contribution in [2.24, 2.45) is 0 Å². The Bertz CT molecular complexity index is 202. The molecule has 3 N–H and O–H groups in total. The first-order valence-electron chi connectivity index (χ1n) is 2.81. The van der Waals surface area contributed by atoms with Gasteiger partial charge in [-0.1, -0.05) is 0 Å². The molecule has 0 rings (SSSR count). The molecule has 0 radical (unpaired) electrons. The van der Waals surface area contributed by atoms with Gasteiger partial charge < -0.3 is 34.5 Å². The van der Waals surface area contributed by atoms with Crippen molar-refractivity contribution in [1.29, 1.82) is 0 Å². The molecular formula is C4H7Na2O8P. The molecule has 0 heterocycles. The zero-order valence-electron chi connectivity index (χ0n) is 8.24. The average molecular weight is 260 g/mol. The van der Waals surface area contributed by atoms with E-state index in [2.05, 4.69) is 0 Å². The largest absolute Gasteiger partial charge is 1.00 e. The van der Waals surface area contributed by atoms with Crippen LogP contribution in [-0.2, 0) is 14.2 Å². The van der Waals surface area contributed by atoms with Crippen LogP contribution in [0.3, 0.4) is 0 Å². The predicted octanol–water partition coefficient (Wildman–Crippen LogP) is -9.65. The van der Waals surface area contributed by atoms with Crippen molar-refractivity contribution in [3.8, 4) is 0 Å². The zero-order valence-corrected chi connectivity index (χ0v) is 13.1. The molecule has 0 aliphatic rings. The third-order valence-electron chi connectivity index (χ3n) is 0.533. The molecule has 15 heavy (non-hydrogen) atoms. The van der Waals surface area contributed by atoms with Crippen LogP contribution in [0.25, 0.3) is 0 Å². The first-order valence-corrected chi connectivity index (χ1v) is 4.37. The van der Waals surface area contributed by atoms with Gasteiger partial charge in [-0.05, 0) is 12.8 Å². The van der Waals surface area contributed by atoms with E-state index in [9.17, 15) is 19.8 Å². The number of hydrogen-bond acceptors (Lipinski definition) is 5. The molecule has 8 nitrogen and oxygen atoms in total. The van der Waals surface area contributed by atoms with Gasteiger partial charge in [-0.3, -0.25) is 0 Å². The van der Waals surface area contributed by atoms with Gasteiger partial charge in [-0.25, -0.2) is 4.57 Å². The normalized spacial score (nSPS) is 8.47. The summed E-state index contributed by atoms with van der Waals surface area (Å²) >= 11 is 0. The van der Waals surface area contributed by atoms with Crippen molar-refractivity contribution in [2.45, 2.75) is 12.8 Å². The topological polar surface area (TPSA) is 158 Å². The Balaban J connectivity index is -0.0000000770. The number of hydrogen-bond donors (Lipinski definition) is 3. The molecule has 0 saturated carbocycles. The van der Waals surface area contributed by atoms with E-state index in [1.54, 1.807) is 0 Å². The van der Waals surface area contributed by atoms with Gasteiger partial charge in [-0.2, -0.15) is 0 Å². The van der Waals surface area contributed by atoms with Crippen LogP contribution < -0.4 is 69.3 Å². The molecule has 0 aliphatic carbocycles. The summed E-state index contributed by atoms with van der Waals surface area (Å²) in [5.41, 5.74) is 0. The van der Waals surface area contributed by atoms with Crippen LogP contribution in [-0.4, -0.2) is 26.6 Å². The molecule has 11 heteroatoms. The Labute approximate surface area is 130 Å². The van der Waals surface area contributed by atoms with Crippen LogP contribution >= 0.6 is 7.82 Å². The minimum Gasteiger partial charge on any atom is -0.550 e. The second-order valence-corrected chi connectivity index (χ2v) is 2.78. The van der Waals surface area contributed by atoms with Gasteiger partial charge in [0.05, 0.1) is 0 Å². The smallest absolute Gasteiger partial charge is 0.550 e. The standard InChI is InChI=1S/C4H6O4.2Na.H3O4P/c5-3(6)1-2-4(7)8;;;1-5(2,3)4/h1-2H2,(H,5,6)(H,7,8);;;(H3,1,2,3,4)/q;2*+1;/p-2. The van der Waals surface area contributed by atoms with E-state index in [0.29, 0.717) is 0 Å². The van der Waals surface area contributed by atoms with E-state index in [-0.39, 0.29) is 59.1 Å². The van der Waals surface area contributed by atoms with E-state index < -0.39 is 32.6 Å². The van der Waals surface area contributed by atoms with Crippen molar-refractivity contribution in [3.05, 3.63) is 0 Å². The minimum absolute atomic E-state index is 0. The number of carboxylic acids is 2. The van der Waals surface area contributed by atoms with E-state index in [1.807, 2.05) is 0 Å². The van der Waals surface area contributed by atoms with Gasteiger partial charge in [0.1, 0.15) is 0 Å². The summed E-state index contributed by atoms with van der Waals surface area (Å²) in [4.78, 5) is 40.6. The molecule has 0 unspecified atom stereocenters. The van der Waals surface area contributed by atoms with Gasteiger partial charge in [0, 0.05) is 11.9 Å². The van der Waals surface area contributed by atoms with Gasteiger partial charge in [0.25, 0.3) is 0 Å². The Morgan fingerprint density at radius 1 is 0.933 bits per heavy atom. The Morgan fingerprint density at radius 3 is 1.13 bits per heavy atom. The van der Waals surface area contributed by atoms with Gasteiger partial charge in [0.15, 0.2) is 0 Å². The fraction of sp³-hybridized carbons (Fsp3) is 0.500. The van der Waals surface area contributed by atoms with Crippen molar-refractivity contribution in [2.75, 3.05) is 0 Å². The van der Waals surface area contributed by atoms with Gasteiger partial charge in [-0.15, -0.1) is 0 Å². The maximum absolute atomic E-state index is 9.50. The summed E-state index contributed by atoms with van der Waals surface area (Å²) in [7, 11) is -4.64. The van der Waals surface area contributed by atoms with Crippen molar-refractivity contribution in [3.63, 3.8) is 0 Å². The van der Waals surface area contributed by atoms with Crippen LogP contribution in [0.5, 0.6) is 0 Å². The molecule has 0 fully saturated rings. The van der Waals surface area contributed by atoms with Gasteiger partial charge >= 0.3 is 66.9 Å². The maximum Gasteiger partial charge on any atom is 1.00 e.